The summed E-state index contributed by atoms with van der Waals surface area (Å²) in [6.07, 6.45) is 12.7. The zero-order valence-electron chi connectivity index (χ0n) is 16.2. The van der Waals surface area contributed by atoms with E-state index in [0.717, 1.165) is 24.7 Å². The molecule has 2 heterocycles. The molecule has 0 saturated heterocycles. The molecule has 156 valence electrons. The van der Waals surface area contributed by atoms with Gasteiger partial charge in [-0.15, -0.1) is 0 Å². The summed E-state index contributed by atoms with van der Waals surface area (Å²) in [5, 5.41) is 5.21. The number of rotatable bonds is 7. The smallest absolute Gasteiger partial charge is 0.325 e. The van der Waals surface area contributed by atoms with Crippen LogP contribution in [0.1, 0.15) is 33.8 Å². The quantitative estimate of drug-likeness (QED) is 0.638. The highest BCUT2D eigenvalue weighted by Gasteiger charge is 2.26. The van der Waals surface area contributed by atoms with Gasteiger partial charge in [-0.1, -0.05) is 18.2 Å². The summed E-state index contributed by atoms with van der Waals surface area (Å²) in [6.45, 7) is -0.316. The van der Waals surface area contributed by atoms with Crippen molar-refractivity contribution in [3.63, 3.8) is 0 Å². The number of hydrogen-bond acceptors (Lipinski definition) is 8. The second-order valence-electron chi connectivity index (χ2n) is 6.21. The normalized spacial score (nSPS) is 15.6. The number of allylic oxidation sites excluding steroid dienone is 3. The van der Waals surface area contributed by atoms with Gasteiger partial charge in [-0.05, 0) is 18.4 Å². The SMILES string of the molecule is COC(=O)CNC(=O)c1cc(C(=O)NC(C2=CC=CCC2)C2=COC=CO2)ncn1. The minimum Gasteiger partial charge on any atom is -0.468 e. The zero-order chi connectivity index (χ0) is 21.3. The molecule has 1 aliphatic heterocycles. The molecule has 0 fully saturated rings. The molecular formula is C20H20N4O6. The molecule has 30 heavy (non-hydrogen) atoms. The van der Waals surface area contributed by atoms with Crippen LogP contribution in [0.4, 0.5) is 0 Å². The van der Waals surface area contributed by atoms with Crippen molar-refractivity contribution in [3.05, 3.63) is 72.1 Å². The molecule has 1 atom stereocenters. The fourth-order valence-electron chi connectivity index (χ4n) is 2.74. The highest BCUT2D eigenvalue weighted by atomic mass is 16.5. The molecular weight excluding hydrogens is 392 g/mol. The molecule has 0 radical (unpaired) electrons. The molecule has 2 amide bonds. The molecule has 10 nitrogen and oxygen atoms in total. The average Bonchev–Trinajstić information content (AvgIpc) is 2.81. The standard InChI is InChI=1S/C20H20N4O6/c1-28-17(25)10-21-19(26)14-9-15(23-12-22-14)20(27)24-18(13-5-3-2-4-6-13)16-11-29-7-8-30-16/h2-3,5,7-9,11-12,18H,4,6,10H2,1H3,(H,21,26)(H,24,27). The minimum atomic E-state index is -0.634. The van der Waals surface area contributed by atoms with Crippen LogP contribution >= 0.6 is 0 Å². The Morgan fingerprint density at radius 3 is 2.67 bits per heavy atom. The second-order valence-corrected chi connectivity index (χ2v) is 6.21. The lowest BCUT2D eigenvalue weighted by molar-refractivity contribution is -0.139. The molecule has 2 aliphatic rings. The maximum absolute atomic E-state index is 12.8. The first kappa shape index (κ1) is 20.8. The fourth-order valence-corrected chi connectivity index (χ4v) is 2.74. The van der Waals surface area contributed by atoms with E-state index in [2.05, 4.69) is 25.3 Å². The number of carbonyl (C=O) groups excluding carboxylic acids is 3. The van der Waals surface area contributed by atoms with E-state index in [0.29, 0.717) is 5.76 Å². The van der Waals surface area contributed by atoms with E-state index in [-0.39, 0.29) is 17.9 Å². The van der Waals surface area contributed by atoms with Crippen LogP contribution in [-0.2, 0) is 19.0 Å². The molecule has 1 unspecified atom stereocenters. The van der Waals surface area contributed by atoms with E-state index < -0.39 is 23.8 Å². The van der Waals surface area contributed by atoms with Crippen LogP contribution in [0.15, 0.2) is 60.7 Å². The number of amides is 2. The summed E-state index contributed by atoms with van der Waals surface area (Å²) in [5.41, 5.74) is 0.856. The molecule has 3 rings (SSSR count). The highest BCUT2D eigenvalue weighted by molar-refractivity contribution is 5.98. The number of methoxy groups -OCH3 is 1. The molecule has 2 N–H and O–H groups in total. The molecule has 0 bridgehead atoms. The predicted octanol–water partition coefficient (Wildman–Crippen LogP) is 1.11. The van der Waals surface area contributed by atoms with Gasteiger partial charge in [0, 0.05) is 6.07 Å². The first-order valence-electron chi connectivity index (χ1n) is 9.09. The number of nitrogens with zero attached hydrogens (tertiary/aromatic N) is 2. The summed E-state index contributed by atoms with van der Waals surface area (Å²) in [4.78, 5) is 43.9. The van der Waals surface area contributed by atoms with Crippen molar-refractivity contribution >= 4 is 17.8 Å². The summed E-state index contributed by atoms with van der Waals surface area (Å²) < 4.78 is 15.1. The Labute approximate surface area is 172 Å². The fraction of sp³-hybridized carbons (Fsp3) is 0.250. The van der Waals surface area contributed by atoms with Crippen molar-refractivity contribution in [2.24, 2.45) is 0 Å². The molecule has 1 aromatic rings. The minimum absolute atomic E-state index is 0.0157. The first-order valence-corrected chi connectivity index (χ1v) is 9.09. The Hall–Kier alpha value is -3.95. The summed E-state index contributed by atoms with van der Waals surface area (Å²) >= 11 is 0. The monoisotopic (exact) mass is 412 g/mol. The van der Waals surface area contributed by atoms with E-state index in [1.165, 1.54) is 32.0 Å². The van der Waals surface area contributed by atoms with E-state index in [1.807, 2.05) is 18.2 Å². The highest BCUT2D eigenvalue weighted by Crippen LogP contribution is 2.23. The average molecular weight is 412 g/mol. The lowest BCUT2D eigenvalue weighted by Gasteiger charge is -2.25. The Morgan fingerprint density at radius 1 is 1.20 bits per heavy atom. The summed E-state index contributed by atoms with van der Waals surface area (Å²) in [7, 11) is 1.21. The van der Waals surface area contributed by atoms with Crippen LogP contribution < -0.4 is 10.6 Å². The van der Waals surface area contributed by atoms with Gasteiger partial charge in [0.05, 0.1) is 7.11 Å². The Morgan fingerprint density at radius 2 is 2.00 bits per heavy atom. The maximum atomic E-state index is 12.8. The van der Waals surface area contributed by atoms with Crippen LogP contribution in [0.3, 0.4) is 0 Å². The lowest BCUT2D eigenvalue weighted by atomic mass is 9.96. The van der Waals surface area contributed by atoms with Crippen molar-refractivity contribution < 1.29 is 28.6 Å². The Kier molecular flexibility index (Phi) is 6.93. The number of esters is 1. The maximum Gasteiger partial charge on any atom is 0.325 e. The summed E-state index contributed by atoms with van der Waals surface area (Å²) in [6, 6.07) is 0.666. The van der Waals surface area contributed by atoms with E-state index in [9.17, 15) is 14.4 Å². The number of ether oxygens (including phenoxy) is 3. The first-order chi connectivity index (χ1) is 14.6. The number of aromatic nitrogens is 2. The molecule has 1 aromatic heterocycles. The van der Waals surface area contributed by atoms with Gasteiger partial charge in [-0.3, -0.25) is 14.4 Å². The van der Waals surface area contributed by atoms with E-state index in [1.54, 1.807) is 0 Å². The molecule has 0 saturated carbocycles. The molecule has 0 aromatic carbocycles. The topological polar surface area (TPSA) is 129 Å². The van der Waals surface area contributed by atoms with Gasteiger partial charge in [0.25, 0.3) is 11.8 Å². The third kappa shape index (κ3) is 5.31. The number of carbonyl (C=O) groups is 3. The van der Waals surface area contributed by atoms with Crippen molar-refractivity contribution in [1.82, 2.24) is 20.6 Å². The van der Waals surface area contributed by atoms with Gasteiger partial charge in [-0.25, -0.2) is 9.97 Å². The van der Waals surface area contributed by atoms with Crippen LogP contribution in [0.2, 0.25) is 0 Å². The van der Waals surface area contributed by atoms with Crippen LogP contribution in [-0.4, -0.2) is 47.4 Å². The summed E-state index contributed by atoms with van der Waals surface area (Å²) in [5.74, 6) is -1.35. The largest absolute Gasteiger partial charge is 0.468 e. The van der Waals surface area contributed by atoms with Crippen LogP contribution in [0.5, 0.6) is 0 Å². The predicted molar refractivity (Wildman–Crippen MR) is 103 cm³/mol. The van der Waals surface area contributed by atoms with Gasteiger partial charge in [-0.2, -0.15) is 0 Å². The van der Waals surface area contributed by atoms with Crippen LogP contribution in [0.25, 0.3) is 0 Å². The van der Waals surface area contributed by atoms with Gasteiger partial charge in [0.2, 0.25) is 0 Å². The third-order valence-electron chi connectivity index (χ3n) is 4.25. The number of hydrogen-bond donors (Lipinski definition) is 2. The van der Waals surface area contributed by atoms with Crippen LogP contribution in [0, 0.1) is 0 Å². The number of nitrogens with one attached hydrogen (secondary N) is 2. The van der Waals surface area contributed by atoms with Gasteiger partial charge >= 0.3 is 5.97 Å². The van der Waals surface area contributed by atoms with Gasteiger partial charge in [0.15, 0.2) is 5.76 Å². The Balaban J connectivity index is 1.75. The zero-order valence-corrected chi connectivity index (χ0v) is 16.2. The van der Waals surface area contributed by atoms with E-state index in [4.69, 9.17) is 9.47 Å². The van der Waals surface area contributed by atoms with Crippen molar-refractivity contribution in [2.45, 2.75) is 18.9 Å². The second kappa shape index (κ2) is 10.0. The Bertz CT molecular complexity index is 950. The van der Waals surface area contributed by atoms with E-state index >= 15 is 0 Å². The van der Waals surface area contributed by atoms with Gasteiger partial charge in [0.1, 0.15) is 49.1 Å². The third-order valence-corrected chi connectivity index (χ3v) is 4.25. The van der Waals surface area contributed by atoms with Crippen molar-refractivity contribution in [3.8, 4) is 0 Å². The molecule has 0 spiro atoms. The van der Waals surface area contributed by atoms with Gasteiger partial charge < -0.3 is 24.8 Å². The lowest BCUT2D eigenvalue weighted by Crippen LogP contribution is -2.39. The van der Waals surface area contributed by atoms with Crippen molar-refractivity contribution in [1.29, 1.82) is 0 Å². The van der Waals surface area contributed by atoms with Crippen molar-refractivity contribution in [2.75, 3.05) is 13.7 Å². The molecule has 1 aliphatic carbocycles. The molecule has 10 heteroatoms.